The van der Waals surface area contributed by atoms with Gasteiger partial charge in [0, 0.05) is 0 Å². The summed E-state index contributed by atoms with van der Waals surface area (Å²) in [6, 6.07) is 0. The molecule has 0 bridgehead atoms. The molecule has 0 rings (SSSR count). The van der Waals surface area contributed by atoms with Crippen molar-refractivity contribution in [1.82, 2.24) is 0 Å². The first-order valence-electron chi connectivity index (χ1n) is 4.16. The summed E-state index contributed by atoms with van der Waals surface area (Å²) in [6.07, 6.45) is -0.926. The molecule has 0 amide bonds. The maximum Gasteiger partial charge on any atom is 0.358 e. The Morgan fingerprint density at radius 2 is 1.93 bits per heavy atom. The first kappa shape index (κ1) is 12.6. The van der Waals surface area contributed by atoms with E-state index in [-0.39, 0.29) is 13.2 Å². The molecule has 0 spiro atoms. The van der Waals surface area contributed by atoms with E-state index in [0.717, 1.165) is 6.21 Å². The van der Waals surface area contributed by atoms with Gasteiger partial charge in [-0.05, 0) is 13.8 Å². The Morgan fingerprint density at radius 1 is 1.36 bits per heavy atom. The van der Waals surface area contributed by atoms with Gasteiger partial charge in [-0.15, -0.1) is 0 Å². The van der Waals surface area contributed by atoms with Crippen LogP contribution < -0.4 is 0 Å². The van der Waals surface area contributed by atoms with E-state index in [1.165, 1.54) is 0 Å². The Bertz CT molecular complexity index is 226. The second kappa shape index (κ2) is 7.02. The monoisotopic (exact) mass is 203 g/mol. The van der Waals surface area contributed by atoms with E-state index in [1.54, 1.807) is 13.8 Å². The van der Waals surface area contributed by atoms with Crippen molar-refractivity contribution in [3.05, 3.63) is 0 Å². The minimum atomic E-state index is -1.67. The Hall–Kier alpha value is -1.43. The number of rotatable bonds is 5. The number of ether oxygens (including phenoxy) is 2. The van der Waals surface area contributed by atoms with Crippen LogP contribution in [-0.4, -0.2) is 42.7 Å². The number of nitrogens with zero attached hydrogens (tertiary/aromatic N) is 1. The number of carbonyl (C=O) groups is 2. The zero-order chi connectivity index (χ0) is 11.0. The molecular formula is C8H13NO5. The number of aliphatic hydroxyl groups excluding tert-OH is 1. The third-order valence-corrected chi connectivity index (χ3v) is 1.11. The molecule has 0 heterocycles. The molecule has 0 radical (unpaired) electrons. The number of aliphatic hydroxyl groups is 1. The summed E-state index contributed by atoms with van der Waals surface area (Å²) in [5.74, 6) is -1.61. The molecule has 0 aliphatic carbocycles. The van der Waals surface area contributed by atoms with Crippen molar-refractivity contribution in [2.24, 2.45) is 4.99 Å². The number of esters is 2. The highest BCUT2D eigenvalue weighted by molar-refractivity contribution is 6.23. The maximum atomic E-state index is 10.8. The van der Waals surface area contributed by atoms with E-state index >= 15 is 0 Å². The second-order valence-electron chi connectivity index (χ2n) is 2.16. The summed E-state index contributed by atoms with van der Waals surface area (Å²) in [5, 5.41) is 8.99. The van der Waals surface area contributed by atoms with E-state index in [0.29, 0.717) is 0 Å². The highest BCUT2D eigenvalue weighted by atomic mass is 16.5. The molecule has 0 aliphatic heterocycles. The van der Waals surface area contributed by atoms with E-state index in [9.17, 15) is 9.59 Å². The van der Waals surface area contributed by atoms with E-state index in [4.69, 9.17) is 5.11 Å². The lowest BCUT2D eigenvalue weighted by Crippen LogP contribution is -2.22. The van der Waals surface area contributed by atoms with E-state index in [1.807, 2.05) is 0 Å². The molecule has 6 heteroatoms. The van der Waals surface area contributed by atoms with Gasteiger partial charge in [0.1, 0.15) is 6.21 Å². The minimum Gasteiger partial charge on any atom is -0.463 e. The number of hydrogen-bond donors (Lipinski definition) is 1. The van der Waals surface area contributed by atoms with Crippen molar-refractivity contribution in [2.45, 2.75) is 20.1 Å². The molecule has 1 N–H and O–H groups in total. The summed E-state index contributed by atoms with van der Waals surface area (Å²) >= 11 is 0. The van der Waals surface area contributed by atoms with Gasteiger partial charge in [0.2, 0.25) is 6.23 Å². The van der Waals surface area contributed by atoms with Gasteiger partial charge in [-0.1, -0.05) is 0 Å². The number of aliphatic imine (C=N–C) groups is 1. The average molecular weight is 203 g/mol. The summed E-state index contributed by atoms with van der Waals surface area (Å²) in [7, 11) is 0. The Morgan fingerprint density at radius 3 is 2.43 bits per heavy atom. The maximum absolute atomic E-state index is 10.8. The minimum absolute atomic E-state index is 0.144. The first-order chi connectivity index (χ1) is 6.61. The van der Waals surface area contributed by atoms with Crippen LogP contribution in [0.3, 0.4) is 0 Å². The lowest BCUT2D eigenvalue weighted by Gasteiger charge is -2.03. The van der Waals surface area contributed by atoms with Crippen LogP contribution in [0, 0.1) is 0 Å². The van der Waals surface area contributed by atoms with Gasteiger partial charge in [0.05, 0.1) is 13.2 Å². The summed E-state index contributed by atoms with van der Waals surface area (Å²) in [4.78, 5) is 24.7. The van der Waals surface area contributed by atoms with E-state index < -0.39 is 18.2 Å². The van der Waals surface area contributed by atoms with Crippen molar-refractivity contribution >= 4 is 18.2 Å². The van der Waals surface area contributed by atoms with Gasteiger partial charge in [0.15, 0.2) is 0 Å². The summed E-state index contributed by atoms with van der Waals surface area (Å²) < 4.78 is 8.92. The topological polar surface area (TPSA) is 85.2 Å². The van der Waals surface area contributed by atoms with Crippen LogP contribution >= 0.6 is 0 Å². The van der Waals surface area contributed by atoms with Gasteiger partial charge in [-0.3, -0.25) is 0 Å². The molecule has 0 saturated heterocycles. The van der Waals surface area contributed by atoms with E-state index in [2.05, 4.69) is 14.5 Å². The molecule has 0 aromatic carbocycles. The third-order valence-electron chi connectivity index (χ3n) is 1.11. The molecule has 0 aliphatic rings. The number of hydrogen-bond acceptors (Lipinski definition) is 6. The Kier molecular flexibility index (Phi) is 6.30. The van der Waals surface area contributed by atoms with Crippen LogP contribution in [0.4, 0.5) is 0 Å². The zero-order valence-corrected chi connectivity index (χ0v) is 8.10. The second-order valence-corrected chi connectivity index (χ2v) is 2.16. The summed E-state index contributed by atoms with van der Waals surface area (Å²) in [5.41, 5.74) is 0. The van der Waals surface area contributed by atoms with Crippen LogP contribution in [0.2, 0.25) is 0 Å². The molecule has 0 saturated carbocycles. The van der Waals surface area contributed by atoms with Crippen molar-refractivity contribution in [3.8, 4) is 0 Å². The van der Waals surface area contributed by atoms with Crippen LogP contribution in [0.1, 0.15) is 13.8 Å². The first-order valence-corrected chi connectivity index (χ1v) is 4.16. The molecule has 14 heavy (non-hydrogen) atoms. The van der Waals surface area contributed by atoms with Gasteiger partial charge < -0.3 is 14.6 Å². The fourth-order valence-electron chi connectivity index (χ4n) is 0.589. The van der Waals surface area contributed by atoms with Gasteiger partial charge in [-0.2, -0.15) is 0 Å². The number of carbonyl (C=O) groups excluding carboxylic acids is 2. The Balaban J connectivity index is 3.97. The fraction of sp³-hybridized carbons (Fsp3) is 0.625. The summed E-state index contributed by atoms with van der Waals surface area (Å²) in [6.45, 7) is 3.58. The lowest BCUT2D eigenvalue weighted by atomic mass is 10.6. The predicted molar refractivity (Wildman–Crippen MR) is 47.8 cm³/mol. The Labute approximate surface area is 81.5 Å². The predicted octanol–water partition coefficient (Wildman–Crippen LogP) is -0.498. The SMILES string of the molecule is CCOC(=O)/C=N/C(O)C(=O)OCC. The van der Waals surface area contributed by atoms with Crippen molar-refractivity contribution in [1.29, 1.82) is 0 Å². The molecule has 6 nitrogen and oxygen atoms in total. The lowest BCUT2D eigenvalue weighted by molar-refractivity contribution is -0.152. The zero-order valence-electron chi connectivity index (χ0n) is 8.10. The normalized spacial score (nSPS) is 12.5. The molecule has 0 fully saturated rings. The largest absolute Gasteiger partial charge is 0.463 e. The molecular weight excluding hydrogens is 190 g/mol. The van der Waals surface area contributed by atoms with Crippen LogP contribution in [0.5, 0.6) is 0 Å². The van der Waals surface area contributed by atoms with Crippen molar-refractivity contribution in [3.63, 3.8) is 0 Å². The third kappa shape index (κ3) is 5.26. The highest BCUT2D eigenvalue weighted by Gasteiger charge is 2.13. The van der Waals surface area contributed by atoms with Crippen LogP contribution in [-0.2, 0) is 19.1 Å². The van der Waals surface area contributed by atoms with Gasteiger partial charge in [0.25, 0.3) is 0 Å². The molecule has 1 atom stereocenters. The standard InChI is InChI=1S/C8H13NO5/c1-3-13-6(10)5-9-7(11)8(12)14-4-2/h5,7,11H,3-4H2,1-2H3/b9-5+. The molecule has 0 aromatic heterocycles. The molecule has 1 unspecified atom stereocenters. The highest BCUT2D eigenvalue weighted by Crippen LogP contribution is 1.89. The molecule has 0 aromatic rings. The van der Waals surface area contributed by atoms with Gasteiger partial charge in [-0.25, -0.2) is 14.6 Å². The molecule has 80 valence electrons. The quantitative estimate of drug-likeness (QED) is 0.481. The van der Waals surface area contributed by atoms with Crippen LogP contribution in [0.25, 0.3) is 0 Å². The van der Waals surface area contributed by atoms with Gasteiger partial charge >= 0.3 is 11.9 Å². The smallest absolute Gasteiger partial charge is 0.358 e. The van der Waals surface area contributed by atoms with Crippen molar-refractivity contribution in [2.75, 3.05) is 13.2 Å². The fourth-order valence-corrected chi connectivity index (χ4v) is 0.589. The van der Waals surface area contributed by atoms with Crippen LogP contribution in [0.15, 0.2) is 4.99 Å². The average Bonchev–Trinajstić information content (AvgIpc) is 2.15. The van der Waals surface area contributed by atoms with Crippen molar-refractivity contribution < 1.29 is 24.2 Å².